The van der Waals surface area contributed by atoms with E-state index in [0.29, 0.717) is 43.3 Å². The zero-order valence-electron chi connectivity index (χ0n) is 41.2. The lowest BCUT2D eigenvalue weighted by atomic mass is 9.92. The first kappa shape index (κ1) is 55.0. The van der Waals surface area contributed by atoms with Crippen molar-refractivity contribution in [2.24, 2.45) is 0 Å². The van der Waals surface area contributed by atoms with Crippen molar-refractivity contribution in [2.45, 2.75) is 86.5 Å². The largest absolute Gasteiger partial charge is 0.488 e. The van der Waals surface area contributed by atoms with E-state index in [2.05, 4.69) is 80.0 Å². The Bertz CT molecular complexity index is 2550. The number of benzene rings is 4. The lowest BCUT2D eigenvalue weighted by Crippen LogP contribution is -2.43. The van der Waals surface area contributed by atoms with Gasteiger partial charge in [0.1, 0.15) is 36.6 Å². The Kier molecular flexibility index (Phi) is 23.1. The molecule has 2 aromatic heterocycles. The molecular formula is C52H68N8O8. The molecule has 16 nitrogen and oxygen atoms in total. The van der Waals surface area contributed by atoms with Gasteiger partial charge in [-0.2, -0.15) is 0 Å². The number of fused-ring (bicyclic) bond motifs is 6. The van der Waals surface area contributed by atoms with Gasteiger partial charge in [0.05, 0.1) is 50.2 Å². The fraction of sp³-hybridized carbons (Fsp3) is 0.385. The number of methoxy groups -OCH3 is 3. The smallest absolute Gasteiger partial charge is 0.407 e. The van der Waals surface area contributed by atoms with Crippen molar-refractivity contribution in [3.05, 3.63) is 102 Å². The highest BCUT2D eigenvalue weighted by molar-refractivity contribution is 6.07. The number of aromatic amines is 2. The van der Waals surface area contributed by atoms with Gasteiger partial charge in [-0.3, -0.25) is 9.59 Å². The first-order chi connectivity index (χ1) is 33.0. The van der Waals surface area contributed by atoms with Crippen LogP contribution < -0.4 is 15.4 Å². The number of aromatic nitrogens is 4. The van der Waals surface area contributed by atoms with E-state index in [9.17, 15) is 19.2 Å². The van der Waals surface area contributed by atoms with E-state index in [-0.39, 0.29) is 31.4 Å². The topological polar surface area (TPSA) is 193 Å². The average Bonchev–Trinajstić information content (AvgIpc) is 4.02. The van der Waals surface area contributed by atoms with Gasteiger partial charge in [-0.15, -0.1) is 12.8 Å². The normalized spacial score (nSPS) is 11.1. The molecular weight excluding hydrogens is 865 g/mol. The molecule has 0 unspecified atom stereocenters. The summed E-state index contributed by atoms with van der Waals surface area (Å²) in [5.41, 5.74) is 7.06. The number of hydrogen-bond donors (Lipinski definition) is 4. The fourth-order valence-corrected chi connectivity index (χ4v) is 7.25. The summed E-state index contributed by atoms with van der Waals surface area (Å²) in [6.07, 6.45) is 11.1. The van der Waals surface area contributed by atoms with Crippen molar-refractivity contribution < 1.29 is 38.1 Å². The van der Waals surface area contributed by atoms with E-state index in [0.717, 1.165) is 61.9 Å². The number of nitrogens with zero attached hydrogens (tertiary/aromatic N) is 4. The van der Waals surface area contributed by atoms with Crippen molar-refractivity contribution in [3.8, 4) is 41.0 Å². The molecule has 364 valence electrons. The van der Waals surface area contributed by atoms with Gasteiger partial charge in [-0.1, -0.05) is 96.5 Å². The number of carbonyl (C=O) groups excluding carboxylic acids is 4. The molecule has 3 heterocycles. The highest BCUT2D eigenvalue weighted by Crippen LogP contribution is 2.42. The standard InChI is InChI=1S/C43H46N8O7.C3H8.C2H6O.C2H6.C2H2/c1-5-16-50(38(52)22-45-42(54)56-3)23-36-44-21-34(47-36)28-12-14-30-29(18-28)25-58-35-20-31-27(19-32(30)35)13-15-33-40(31)48-37(46-33)24-51(17-6-2)41(53)39(49-43(55)57-4)26-10-8-7-9-11-26;2*1-3-2;2*1-2/h7-15,18-21,39H,5-6,16-17,22-25H2,1-4H3,(H,44,47)(H,45,54)(H,46,48)(H,49,55);3H2,1-2H3;1-2H3;1-2H3;1-2H/t39-;;;;/m1..../s1. The van der Waals surface area contributed by atoms with Gasteiger partial charge in [-0.05, 0) is 64.7 Å². The highest BCUT2D eigenvalue weighted by atomic mass is 16.5. The van der Waals surface area contributed by atoms with Crippen molar-refractivity contribution in [2.75, 3.05) is 48.1 Å². The zero-order valence-corrected chi connectivity index (χ0v) is 41.2. The number of alkyl carbamates (subject to hydrolysis) is 2. The Morgan fingerprint density at radius 1 is 0.794 bits per heavy atom. The van der Waals surface area contributed by atoms with E-state index in [1.165, 1.54) is 20.6 Å². The molecule has 0 saturated carbocycles. The SMILES string of the molecule is C#C.CC.CCC.CCCN(Cc1ncc(-c2ccc3c(c2)COc2cc4c(ccc5[nH]c(CN(CCC)C(=O)[C@H](NC(=O)OC)c6ccccc6)nc54)cc2-3)[nH]1)C(=O)CNC(=O)OC.COC. The van der Waals surface area contributed by atoms with Gasteiger partial charge in [-0.25, -0.2) is 19.6 Å². The van der Waals surface area contributed by atoms with Crippen molar-refractivity contribution in [1.82, 2.24) is 40.4 Å². The summed E-state index contributed by atoms with van der Waals surface area (Å²) in [6, 6.07) is 22.6. The molecule has 7 rings (SSSR count). The van der Waals surface area contributed by atoms with Crippen molar-refractivity contribution in [3.63, 3.8) is 0 Å². The quantitative estimate of drug-likeness (QED) is 0.0765. The molecule has 4 aromatic carbocycles. The molecule has 0 bridgehead atoms. The van der Waals surface area contributed by atoms with Gasteiger partial charge in [0.2, 0.25) is 11.8 Å². The molecule has 1 atom stereocenters. The lowest BCUT2D eigenvalue weighted by Gasteiger charge is -2.27. The van der Waals surface area contributed by atoms with E-state index in [1.54, 1.807) is 42.3 Å². The molecule has 0 saturated heterocycles. The summed E-state index contributed by atoms with van der Waals surface area (Å²) >= 11 is 0. The minimum atomic E-state index is -0.923. The number of carbonyl (C=O) groups is 4. The van der Waals surface area contributed by atoms with Crippen molar-refractivity contribution in [1.29, 1.82) is 0 Å². The number of hydrogen-bond acceptors (Lipinski definition) is 10. The molecule has 0 fully saturated rings. The maximum absolute atomic E-state index is 14.0. The number of amides is 4. The third-order valence-electron chi connectivity index (χ3n) is 10.1. The summed E-state index contributed by atoms with van der Waals surface area (Å²) in [5, 5.41) is 7.06. The van der Waals surface area contributed by atoms with Crippen LogP contribution in [0.1, 0.15) is 89.6 Å². The van der Waals surface area contributed by atoms with Crippen LogP contribution in [0.25, 0.3) is 44.2 Å². The van der Waals surface area contributed by atoms with Crippen LogP contribution in [0.4, 0.5) is 9.59 Å². The third kappa shape index (κ3) is 14.6. The fourth-order valence-electron chi connectivity index (χ4n) is 7.25. The van der Waals surface area contributed by atoms with E-state index in [1.807, 2.05) is 70.2 Å². The summed E-state index contributed by atoms with van der Waals surface area (Å²) in [5.74, 6) is 1.50. The second-order valence-electron chi connectivity index (χ2n) is 15.1. The van der Waals surface area contributed by atoms with Crippen LogP contribution >= 0.6 is 0 Å². The number of imidazole rings is 2. The summed E-state index contributed by atoms with van der Waals surface area (Å²) in [6.45, 7) is 13.9. The minimum absolute atomic E-state index is 0.162. The molecule has 0 spiro atoms. The Hall–Kier alpha value is -7.38. The predicted molar refractivity (Wildman–Crippen MR) is 268 cm³/mol. The third-order valence-corrected chi connectivity index (χ3v) is 10.1. The lowest BCUT2D eigenvalue weighted by molar-refractivity contribution is -0.134. The first-order valence-electron chi connectivity index (χ1n) is 22.8. The number of rotatable bonds is 14. The van der Waals surface area contributed by atoms with E-state index < -0.39 is 18.2 Å². The van der Waals surface area contributed by atoms with Crippen LogP contribution in [0.2, 0.25) is 0 Å². The predicted octanol–water partition coefficient (Wildman–Crippen LogP) is 9.55. The molecule has 4 amide bonds. The van der Waals surface area contributed by atoms with Gasteiger partial charge in [0, 0.05) is 38.3 Å². The molecule has 0 radical (unpaired) electrons. The second-order valence-corrected chi connectivity index (χ2v) is 15.1. The highest BCUT2D eigenvalue weighted by Gasteiger charge is 2.29. The summed E-state index contributed by atoms with van der Waals surface area (Å²) in [4.78, 5) is 70.1. The second kappa shape index (κ2) is 28.6. The van der Waals surface area contributed by atoms with Crippen molar-refractivity contribution >= 4 is 45.8 Å². The summed E-state index contributed by atoms with van der Waals surface area (Å²) < 4.78 is 20.0. The summed E-state index contributed by atoms with van der Waals surface area (Å²) in [7, 11) is 5.77. The maximum atomic E-state index is 14.0. The Labute approximate surface area is 400 Å². The molecule has 4 N–H and O–H groups in total. The molecule has 1 aliphatic rings. The maximum Gasteiger partial charge on any atom is 0.407 e. The van der Waals surface area contributed by atoms with Crippen LogP contribution in [-0.4, -0.2) is 102 Å². The number of nitrogens with one attached hydrogen (secondary N) is 4. The monoisotopic (exact) mass is 933 g/mol. The van der Waals surface area contributed by atoms with Gasteiger partial charge in [0.25, 0.3) is 0 Å². The van der Waals surface area contributed by atoms with Crippen LogP contribution in [0.5, 0.6) is 5.75 Å². The van der Waals surface area contributed by atoms with Crippen LogP contribution in [0.3, 0.4) is 0 Å². The average molecular weight is 933 g/mol. The molecule has 0 aliphatic carbocycles. The van der Waals surface area contributed by atoms with Gasteiger partial charge < -0.3 is 49.3 Å². The Balaban J connectivity index is 0.00000114. The number of terminal acetylenes is 1. The first-order valence-corrected chi connectivity index (χ1v) is 22.8. The zero-order chi connectivity index (χ0) is 50.2. The molecule has 1 aliphatic heterocycles. The van der Waals surface area contributed by atoms with Crippen LogP contribution in [0.15, 0.2) is 79.0 Å². The van der Waals surface area contributed by atoms with E-state index >= 15 is 0 Å². The molecule has 16 heteroatoms. The van der Waals surface area contributed by atoms with Gasteiger partial charge >= 0.3 is 12.2 Å². The van der Waals surface area contributed by atoms with E-state index in [4.69, 9.17) is 14.5 Å². The van der Waals surface area contributed by atoms with Crippen LogP contribution in [-0.2, 0) is 43.5 Å². The number of H-pyrrole nitrogens is 2. The van der Waals surface area contributed by atoms with Gasteiger partial charge in [0.15, 0.2) is 0 Å². The minimum Gasteiger partial charge on any atom is -0.488 e. The number of ether oxygens (including phenoxy) is 4. The Morgan fingerprint density at radius 2 is 1.44 bits per heavy atom. The Morgan fingerprint density at radius 3 is 2.09 bits per heavy atom. The van der Waals surface area contributed by atoms with Crippen LogP contribution in [0, 0.1) is 12.8 Å². The molecule has 68 heavy (non-hydrogen) atoms. The molecule has 6 aromatic rings.